The molecule has 2 aliphatic heterocycles. The highest BCUT2D eigenvalue weighted by atomic mass is 16.6. The Morgan fingerprint density at radius 1 is 1.11 bits per heavy atom. The zero-order valence-electron chi connectivity index (χ0n) is 16.2. The highest BCUT2D eigenvalue weighted by molar-refractivity contribution is 5.89. The lowest BCUT2D eigenvalue weighted by atomic mass is 10.0. The second kappa shape index (κ2) is 7.53. The Bertz CT molecular complexity index is 873. The van der Waals surface area contributed by atoms with Gasteiger partial charge in [0.1, 0.15) is 25.6 Å². The van der Waals surface area contributed by atoms with E-state index in [2.05, 4.69) is 29.1 Å². The average Bonchev–Trinajstić information content (AvgIpc) is 3.09. The third-order valence-electron chi connectivity index (χ3n) is 4.97. The lowest BCUT2D eigenvalue weighted by Crippen LogP contribution is -2.37. The number of hydrogen-bond acceptors (Lipinski definition) is 7. The molecule has 0 spiro atoms. The van der Waals surface area contributed by atoms with E-state index in [9.17, 15) is 4.79 Å². The molecule has 8 heteroatoms. The Balaban J connectivity index is 1.52. The van der Waals surface area contributed by atoms with Crippen molar-refractivity contribution in [2.45, 2.75) is 32.9 Å². The number of ether oxygens (including phenoxy) is 3. The number of cyclic esters (lactones) is 1. The summed E-state index contributed by atoms with van der Waals surface area (Å²) >= 11 is 0. The Kier molecular flexibility index (Phi) is 4.93. The van der Waals surface area contributed by atoms with Crippen LogP contribution in [0.4, 0.5) is 16.6 Å². The number of anilines is 2. The van der Waals surface area contributed by atoms with Gasteiger partial charge in [-0.2, -0.15) is 4.98 Å². The van der Waals surface area contributed by atoms with Gasteiger partial charge in [0.05, 0.1) is 12.1 Å². The predicted molar refractivity (Wildman–Crippen MR) is 104 cm³/mol. The number of carbonyl (C=O) groups excluding carboxylic acids is 1. The van der Waals surface area contributed by atoms with Crippen LogP contribution in [0, 0.1) is 5.92 Å². The maximum absolute atomic E-state index is 12.2. The summed E-state index contributed by atoms with van der Waals surface area (Å²) in [6.45, 7) is 7.62. The largest absolute Gasteiger partial charge is 0.486 e. The van der Waals surface area contributed by atoms with Crippen LogP contribution in [0.1, 0.15) is 32.4 Å². The van der Waals surface area contributed by atoms with Crippen LogP contribution in [0.25, 0.3) is 0 Å². The summed E-state index contributed by atoms with van der Waals surface area (Å²) < 4.78 is 16.4. The lowest BCUT2D eigenvalue weighted by Gasteiger charge is -2.24. The maximum Gasteiger partial charge on any atom is 0.415 e. The van der Waals surface area contributed by atoms with Crippen molar-refractivity contribution in [1.82, 2.24) is 9.97 Å². The zero-order valence-corrected chi connectivity index (χ0v) is 16.2. The van der Waals surface area contributed by atoms with Crippen molar-refractivity contribution >= 4 is 17.9 Å². The molecule has 1 saturated heterocycles. The smallest absolute Gasteiger partial charge is 0.415 e. The molecule has 3 heterocycles. The third kappa shape index (κ3) is 3.54. The molecule has 1 aromatic carbocycles. The van der Waals surface area contributed by atoms with E-state index >= 15 is 0 Å². The van der Waals surface area contributed by atoms with E-state index in [-0.39, 0.29) is 24.1 Å². The summed E-state index contributed by atoms with van der Waals surface area (Å²) in [5, 5.41) is 3.29. The Labute approximate surface area is 163 Å². The molecule has 1 amide bonds. The van der Waals surface area contributed by atoms with E-state index in [0.717, 1.165) is 17.1 Å². The first-order chi connectivity index (χ1) is 13.5. The fourth-order valence-corrected chi connectivity index (χ4v) is 3.35. The minimum atomic E-state index is -0.372. The van der Waals surface area contributed by atoms with Crippen molar-refractivity contribution in [1.29, 1.82) is 0 Å². The molecule has 0 bridgehead atoms. The van der Waals surface area contributed by atoms with E-state index < -0.39 is 0 Å². The summed E-state index contributed by atoms with van der Waals surface area (Å²) in [7, 11) is 0. The summed E-state index contributed by atoms with van der Waals surface area (Å²) in [5.74, 6) is 2.74. The van der Waals surface area contributed by atoms with E-state index in [1.165, 1.54) is 0 Å². The van der Waals surface area contributed by atoms with Crippen LogP contribution in [0.2, 0.25) is 0 Å². The van der Waals surface area contributed by atoms with Gasteiger partial charge in [-0.05, 0) is 36.6 Å². The van der Waals surface area contributed by atoms with Crippen molar-refractivity contribution < 1.29 is 19.0 Å². The second-order valence-electron chi connectivity index (χ2n) is 7.27. The summed E-state index contributed by atoms with van der Waals surface area (Å²) in [6, 6.07) is 7.49. The number of aromatic nitrogens is 2. The number of carbonyl (C=O) groups is 1. The van der Waals surface area contributed by atoms with E-state index in [1.807, 2.05) is 25.1 Å². The van der Waals surface area contributed by atoms with Crippen LogP contribution in [0.5, 0.6) is 11.5 Å². The van der Waals surface area contributed by atoms with E-state index in [1.54, 1.807) is 17.2 Å². The molecule has 1 N–H and O–H groups in total. The molecule has 0 aliphatic carbocycles. The van der Waals surface area contributed by atoms with Crippen molar-refractivity contribution in [3.8, 4) is 11.5 Å². The van der Waals surface area contributed by atoms with Crippen LogP contribution in [-0.4, -0.2) is 41.9 Å². The van der Waals surface area contributed by atoms with Gasteiger partial charge in [0.15, 0.2) is 11.5 Å². The number of rotatable bonds is 5. The van der Waals surface area contributed by atoms with Crippen molar-refractivity contribution in [2.75, 3.05) is 30.0 Å². The fraction of sp³-hybridized carbons (Fsp3) is 0.450. The number of amides is 1. The van der Waals surface area contributed by atoms with Gasteiger partial charge in [0.25, 0.3) is 0 Å². The molecule has 28 heavy (non-hydrogen) atoms. The fourth-order valence-electron chi connectivity index (χ4n) is 3.35. The number of nitrogens with zero attached hydrogens (tertiary/aromatic N) is 3. The first-order valence-corrected chi connectivity index (χ1v) is 9.48. The average molecular weight is 384 g/mol. The van der Waals surface area contributed by atoms with Gasteiger partial charge in [0.2, 0.25) is 5.95 Å². The lowest BCUT2D eigenvalue weighted by molar-refractivity contribution is 0.171. The Hall–Kier alpha value is -3.03. The highest BCUT2D eigenvalue weighted by Crippen LogP contribution is 2.33. The number of nitrogens with one attached hydrogen (secondary N) is 1. The SMILES string of the molecule is CC(C)C1COC(=O)N1c1ccnc(N[C@@H](C)c2ccc3c(c2)OCCO3)n1. The molecule has 1 unspecified atom stereocenters. The summed E-state index contributed by atoms with van der Waals surface area (Å²) in [6.07, 6.45) is 1.27. The molecule has 1 fully saturated rings. The maximum atomic E-state index is 12.2. The van der Waals surface area contributed by atoms with E-state index in [0.29, 0.717) is 31.6 Å². The molecular formula is C20H24N4O4. The van der Waals surface area contributed by atoms with Gasteiger partial charge >= 0.3 is 6.09 Å². The van der Waals surface area contributed by atoms with Gasteiger partial charge in [-0.15, -0.1) is 0 Å². The van der Waals surface area contributed by atoms with Crippen LogP contribution in [0.3, 0.4) is 0 Å². The van der Waals surface area contributed by atoms with Crippen LogP contribution in [-0.2, 0) is 4.74 Å². The van der Waals surface area contributed by atoms with Gasteiger partial charge in [-0.3, -0.25) is 4.90 Å². The predicted octanol–water partition coefficient (Wildman–Crippen LogP) is 3.40. The first kappa shape index (κ1) is 18.3. The molecule has 8 nitrogen and oxygen atoms in total. The monoisotopic (exact) mass is 384 g/mol. The van der Waals surface area contributed by atoms with E-state index in [4.69, 9.17) is 14.2 Å². The van der Waals surface area contributed by atoms with Gasteiger partial charge in [-0.1, -0.05) is 19.9 Å². The number of fused-ring (bicyclic) bond motifs is 1. The molecule has 0 saturated carbocycles. The number of hydrogen-bond donors (Lipinski definition) is 1. The molecular weight excluding hydrogens is 360 g/mol. The second-order valence-corrected chi connectivity index (χ2v) is 7.27. The van der Waals surface area contributed by atoms with Gasteiger partial charge < -0.3 is 19.5 Å². The number of benzene rings is 1. The first-order valence-electron chi connectivity index (χ1n) is 9.48. The highest BCUT2D eigenvalue weighted by Gasteiger charge is 2.37. The van der Waals surface area contributed by atoms with Crippen LogP contribution < -0.4 is 19.7 Å². The van der Waals surface area contributed by atoms with Gasteiger partial charge in [-0.25, -0.2) is 9.78 Å². The molecule has 4 rings (SSSR count). The molecule has 0 radical (unpaired) electrons. The summed E-state index contributed by atoms with van der Waals surface area (Å²) in [5.41, 5.74) is 1.03. The topological polar surface area (TPSA) is 85.8 Å². The van der Waals surface area contributed by atoms with Crippen molar-refractivity contribution in [3.05, 3.63) is 36.0 Å². The van der Waals surface area contributed by atoms with Crippen molar-refractivity contribution in [2.24, 2.45) is 5.92 Å². The van der Waals surface area contributed by atoms with Gasteiger partial charge in [0, 0.05) is 6.20 Å². The molecule has 148 valence electrons. The molecule has 2 aromatic rings. The minimum absolute atomic E-state index is 0.0366. The summed E-state index contributed by atoms with van der Waals surface area (Å²) in [4.78, 5) is 22.6. The zero-order chi connectivity index (χ0) is 19.7. The van der Waals surface area contributed by atoms with Crippen molar-refractivity contribution in [3.63, 3.8) is 0 Å². The molecule has 2 aliphatic rings. The normalized spacial score (nSPS) is 19.5. The Morgan fingerprint density at radius 3 is 2.68 bits per heavy atom. The standard InChI is InChI=1S/C20H24N4O4/c1-12(2)15-11-28-20(25)24(15)18-6-7-21-19(23-18)22-13(3)14-4-5-16-17(10-14)27-9-8-26-16/h4-7,10,12-13,15H,8-9,11H2,1-3H3,(H,21,22,23)/t13-,15?/m0/s1. The quantitative estimate of drug-likeness (QED) is 0.845. The van der Waals surface area contributed by atoms with Crippen LogP contribution in [0.15, 0.2) is 30.5 Å². The Morgan fingerprint density at radius 2 is 1.89 bits per heavy atom. The third-order valence-corrected chi connectivity index (χ3v) is 4.97. The van der Waals surface area contributed by atoms with Crippen LogP contribution >= 0.6 is 0 Å². The minimum Gasteiger partial charge on any atom is -0.486 e. The molecule has 2 atom stereocenters. The molecule has 1 aromatic heterocycles.